The van der Waals surface area contributed by atoms with Gasteiger partial charge in [0, 0.05) is 25.7 Å². The first-order chi connectivity index (χ1) is 6.27. The number of hydrogen-bond donors (Lipinski definition) is 1. The zero-order valence-electron chi connectivity index (χ0n) is 9.00. The Morgan fingerprint density at radius 3 is 2.92 bits per heavy atom. The molecule has 1 aliphatic heterocycles. The number of likely N-dealkylation sites (tertiary alicyclic amines) is 1. The summed E-state index contributed by atoms with van der Waals surface area (Å²) < 4.78 is 0. The van der Waals surface area contributed by atoms with Crippen LogP contribution in [0, 0.1) is 0 Å². The molecule has 78 valence electrons. The van der Waals surface area contributed by atoms with Crippen LogP contribution < -0.4 is 5.73 Å². The van der Waals surface area contributed by atoms with Gasteiger partial charge in [-0.05, 0) is 33.0 Å². The Bertz CT molecular complexity index is 138. The molecule has 1 rings (SSSR count). The zero-order valence-corrected chi connectivity index (χ0v) is 9.00. The predicted octanol–water partition coefficient (Wildman–Crippen LogP) is 0.361. The van der Waals surface area contributed by atoms with Crippen molar-refractivity contribution in [3.05, 3.63) is 0 Å². The van der Waals surface area contributed by atoms with Gasteiger partial charge in [0.25, 0.3) is 0 Å². The minimum atomic E-state index is 0.773. The van der Waals surface area contributed by atoms with Gasteiger partial charge in [-0.2, -0.15) is 0 Å². The van der Waals surface area contributed by atoms with Crippen LogP contribution in [0.2, 0.25) is 0 Å². The highest BCUT2D eigenvalue weighted by Gasteiger charge is 2.23. The summed E-state index contributed by atoms with van der Waals surface area (Å²) in [5, 5.41) is 0. The molecule has 1 saturated heterocycles. The first-order valence-corrected chi connectivity index (χ1v) is 5.40. The third-order valence-electron chi connectivity index (χ3n) is 2.94. The van der Waals surface area contributed by atoms with Crippen LogP contribution in [0.1, 0.15) is 19.8 Å². The van der Waals surface area contributed by atoms with Crippen LogP contribution in [0.3, 0.4) is 0 Å². The van der Waals surface area contributed by atoms with Crippen LogP contribution in [0.5, 0.6) is 0 Å². The van der Waals surface area contributed by atoms with Gasteiger partial charge in [-0.25, -0.2) is 0 Å². The first-order valence-electron chi connectivity index (χ1n) is 5.40. The molecule has 0 aliphatic carbocycles. The van der Waals surface area contributed by atoms with Crippen molar-refractivity contribution in [3.8, 4) is 0 Å². The van der Waals surface area contributed by atoms with E-state index in [-0.39, 0.29) is 0 Å². The van der Waals surface area contributed by atoms with Gasteiger partial charge in [0.1, 0.15) is 0 Å². The number of likely N-dealkylation sites (N-methyl/N-ethyl adjacent to an activating group) is 2. The molecule has 2 N–H and O–H groups in total. The van der Waals surface area contributed by atoms with Gasteiger partial charge in [-0.3, -0.25) is 4.90 Å². The maximum atomic E-state index is 5.52. The average molecular weight is 185 g/mol. The van der Waals surface area contributed by atoms with Crippen LogP contribution in [0.15, 0.2) is 0 Å². The van der Waals surface area contributed by atoms with Crippen molar-refractivity contribution in [1.82, 2.24) is 9.80 Å². The largest absolute Gasteiger partial charge is 0.329 e. The first kappa shape index (κ1) is 11.0. The summed E-state index contributed by atoms with van der Waals surface area (Å²) in [6, 6.07) is 0.779. The highest BCUT2D eigenvalue weighted by atomic mass is 15.2. The molecular weight excluding hydrogens is 162 g/mol. The fourth-order valence-corrected chi connectivity index (χ4v) is 2.19. The smallest absolute Gasteiger partial charge is 0.0223 e. The Morgan fingerprint density at radius 1 is 1.54 bits per heavy atom. The van der Waals surface area contributed by atoms with Crippen LogP contribution in [-0.4, -0.2) is 55.6 Å². The van der Waals surface area contributed by atoms with Crippen molar-refractivity contribution < 1.29 is 0 Å². The molecule has 13 heavy (non-hydrogen) atoms. The Labute approximate surface area is 81.9 Å². The second-order valence-corrected chi connectivity index (χ2v) is 3.98. The van der Waals surface area contributed by atoms with E-state index < -0.39 is 0 Å². The summed E-state index contributed by atoms with van der Waals surface area (Å²) in [7, 11) is 2.17. The molecule has 0 spiro atoms. The maximum Gasteiger partial charge on any atom is 0.0223 e. The molecule has 0 aromatic heterocycles. The Balaban J connectivity index is 2.26. The summed E-state index contributed by atoms with van der Waals surface area (Å²) in [6.45, 7) is 7.72. The summed E-state index contributed by atoms with van der Waals surface area (Å²) in [6.07, 6.45) is 2.73. The monoisotopic (exact) mass is 185 g/mol. The van der Waals surface area contributed by atoms with E-state index in [9.17, 15) is 0 Å². The summed E-state index contributed by atoms with van der Waals surface area (Å²) in [5.74, 6) is 0. The highest BCUT2D eigenvalue weighted by Crippen LogP contribution is 2.16. The summed E-state index contributed by atoms with van der Waals surface area (Å²) in [4.78, 5) is 4.92. The van der Waals surface area contributed by atoms with Crippen molar-refractivity contribution >= 4 is 0 Å². The second-order valence-electron chi connectivity index (χ2n) is 3.98. The third kappa shape index (κ3) is 3.25. The standard InChI is InChI=1S/C10H23N3/c1-3-13-7-4-5-10(13)9-12(2)8-6-11/h10H,3-9,11H2,1-2H3. The summed E-state index contributed by atoms with van der Waals surface area (Å²) in [5.41, 5.74) is 5.52. The van der Waals surface area contributed by atoms with E-state index in [1.54, 1.807) is 0 Å². The molecule has 1 aliphatic rings. The second kappa shape index (κ2) is 5.58. The Kier molecular flexibility index (Phi) is 4.70. The van der Waals surface area contributed by atoms with Crippen molar-refractivity contribution in [1.29, 1.82) is 0 Å². The molecule has 0 aromatic rings. The molecule has 1 heterocycles. The quantitative estimate of drug-likeness (QED) is 0.671. The summed E-state index contributed by atoms with van der Waals surface area (Å²) >= 11 is 0. The molecule has 0 bridgehead atoms. The van der Waals surface area contributed by atoms with Gasteiger partial charge < -0.3 is 10.6 Å². The van der Waals surface area contributed by atoms with Crippen LogP contribution >= 0.6 is 0 Å². The van der Waals surface area contributed by atoms with Gasteiger partial charge in [-0.1, -0.05) is 6.92 Å². The predicted molar refractivity (Wildman–Crippen MR) is 56.8 cm³/mol. The van der Waals surface area contributed by atoms with Crippen LogP contribution in [0.4, 0.5) is 0 Å². The van der Waals surface area contributed by atoms with Gasteiger partial charge >= 0.3 is 0 Å². The Hall–Kier alpha value is -0.120. The molecule has 0 aromatic carbocycles. The molecule has 0 saturated carbocycles. The lowest BCUT2D eigenvalue weighted by molar-refractivity contribution is 0.201. The fourth-order valence-electron chi connectivity index (χ4n) is 2.19. The third-order valence-corrected chi connectivity index (χ3v) is 2.94. The van der Waals surface area contributed by atoms with E-state index >= 15 is 0 Å². The van der Waals surface area contributed by atoms with Crippen LogP contribution in [-0.2, 0) is 0 Å². The Morgan fingerprint density at radius 2 is 2.31 bits per heavy atom. The normalized spacial score (nSPS) is 24.5. The minimum Gasteiger partial charge on any atom is -0.329 e. The van der Waals surface area contributed by atoms with Crippen molar-refractivity contribution in [2.45, 2.75) is 25.8 Å². The van der Waals surface area contributed by atoms with Crippen molar-refractivity contribution in [2.75, 3.05) is 39.8 Å². The van der Waals surface area contributed by atoms with Gasteiger partial charge in [0.05, 0.1) is 0 Å². The molecule has 3 nitrogen and oxygen atoms in total. The molecular formula is C10H23N3. The van der Waals surface area contributed by atoms with Gasteiger partial charge in [0.15, 0.2) is 0 Å². The van der Waals surface area contributed by atoms with Gasteiger partial charge in [0.2, 0.25) is 0 Å². The number of rotatable bonds is 5. The molecule has 1 fully saturated rings. The topological polar surface area (TPSA) is 32.5 Å². The van der Waals surface area contributed by atoms with E-state index in [0.29, 0.717) is 0 Å². The number of nitrogens with two attached hydrogens (primary N) is 1. The van der Waals surface area contributed by atoms with Gasteiger partial charge in [-0.15, -0.1) is 0 Å². The lowest BCUT2D eigenvalue weighted by atomic mass is 10.2. The van der Waals surface area contributed by atoms with E-state index in [1.165, 1.54) is 32.5 Å². The minimum absolute atomic E-state index is 0.773. The molecule has 3 heteroatoms. The molecule has 0 amide bonds. The maximum absolute atomic E-state index is 5.52. The van der Waals surface area contributed by atoms with Crippen molar-refractivity contribution in [2.24, 2.45) is 5.73 Å². The SMILES string of the molecule is CCN1CCCC1CN(C)CCN. The van der Waals surface area contributed by atoms with E-state index in [0.717, 1.165) is 19.1 Å². The molecule has 1 atom stereocenters. The number of nitrogens with zero attached hydrogens (tertiary/aromatic N) is 2. The van der Waals surface area contributed by atoms with E-state index in [4.69, 9.17) is 5.73 Å². The molecule has 0 radical (unpaired) electrons. The van der Waals surface area contributed by atoms with Crippen molar-refractivity contribution in [3.63, 3.8) is 0 Å². The number of hydrogen-bond acceptors (Lipinski definition) is 3. The molecule has 1 unspecified atom stereocenters. The fraction of sp³-hybridized carbons (Fsp3) is 1.00. The van der Waals surface area contributed by atoms with E-state index in [1.807, 2.05) is 0 Å². The lowest BCUT2D eigenvalue weighted by Gasteiger charge is -2.27. The highest BCUT2D eigenvalue weighted by molar-refractivity contribution is 4.80. The zero-order chi connectivity index (χ0) is 9.68. The van der Waals surface area contributed by atoms with Crippen LogP contribution in [0.25, 0.3) is 0 Å². The average Bonchev–Trinajstić information content (AvgIpc) is 2.52. The lowest BCUT2D eigenvalue weighted by Crippen LogP contribution is -2.40. The van der Waals surface area contributed by atoms with E-state index in [2.05, 4.69) is 23.8 Å².